The van der Waals surface area contributed by atoms with Crippen molar-refractivity contribution in [3.63, 3.8) is 0 Å². The molecule has 0 fully saturated rings. The standard InChI is InChI=1S/C9H7Br2N3O2S2/c10-6-3-5(12)4-7(11)8(6)18(15,16)14-9-13-1-2-17-9/h1-4H,12H2,(H,13,14). The van der Waals surface area contributed by atoms with Gasteiger partial charge in [-0.3, -0.25) is 4.72 Å². The van der Waals surface area contributed by atoms with Crippen LogP contribution >= 0.6 is 43.2 Å². The lowest BCUT2D eigenvalue weighted by Crippen LogP contribution is -2.14. The molecule has 0 saturated carbocycles. The van der Waals surface area contributed by atoms with E-state index in [0.29, 0.717) is 19.8 Å². The Morgan fingerprint density at radius 2 is 1.89 bits per heavy atom. The van der Waals surface area contributed by atoms with Crippen molar-refractivity contribution in [2.45, 2.75) is 4.90 Å². The maximum atomic E-state index is 12.2. The number of halogens is 2. The van der Waals surface area contributed by atoms with E-state index >= 15 is 0 Å². The van der Waals surface area contributed by atoms with E-state index in [1.165, 1.54) is 29.7 Å². The molecule has 2 rings (SSSR count). The predicted octanol–water partition coefficient (Wildman–Crippen LogP) is 3.05. The number of thiazole rings is 1. The average Bonchev–Trinajstić information content (AvgIpc) is 2.66. The monoisotopic (exact) mass is 411 g/mol. The molecule has 0 aliphatic heterocycles. The second-order valence-electron chi connectivity index (χ2n) is 3.26. The molecule has 0 spiro atoms. The smallest absolute Gasteiger partial charge is 0.265 e. The van der Waals surface area contributed by atoms with Gasteiger partial charge in [0.1, 0.15) is 4.90 Å². The molecule has 9 heteroatoms. The molecule has 1 aromatic carbocycles. The minimum Gasteiger partial charge on any atom is -0.399 e. The highest BCUT2D eigenvalue weighted by Crippen LogP contribution is 2.33. The van der Waals surface area contributed by atoms with Gasteiger partial charge < -0.3 is 5.73 Å². The van der Waals surface area contributed by atoms with E-state index in [2.05, 4.69) is 41.6 Å². The zero-order chi connectivity index (χ0) is 13.3. The zero-order valence-corrected chi connectivity index (χ0v) is 13.5. The summed E-state index contributed by atoms with van der Waals surface area (Å²) in [6.45, 7) is 0. The summed E-state index contributed by atoms with van der Waals surface area (Å²) in [5, 5.41) is 2.00. The quantitative estimate of drug-likeness (QED) is 0.758. The number of rotatable bonds is 3. The van der Waals surface area contributed by atoms with Gasteiger partial charge in [0.05, 0.1) is 0 Å². The van der Waals surface area contributed by atoms with E-state index in [1.54, 1.807) is 5.38 Å². The number of hydrogen-bond acceptors (Lipinski definition) is 5. The Bertz CT molecular complexity index is 648. The number of nitrogen functional groups attached to an aromatic ring is 1. The van der Waals surface area contributed by atoms with Crippen LogP contribution in [0, 0.1) is 0 Å². The zero-order valence-electron chi connectivity index (χ0n) is 8.72. The molecule has 3 N–H and O–H groups in total. The van der Waals surface area contributed by atoms with Crippen molar-refractivity contribution in [2.24, 2.45) is 0 Å². The van der Waals surface area contributed by atoms with Gasteiger partial charge in [-0.25, -0.2) is 13.4 Å². The van der Waals surface area contributed by atoms with Crippen LogP contribution < -0.4 is 10.5 Å². The molecule has 2 aromatic rings. The van der Waals surface area contributed by atoms with Crippen LogP contribution in [0.4, 0.5) is 10.8 Å². The van der Waals surface area contributed by atoms with Crippen LogP contribution in [0.2, 0.25) is 0 Å². The number of nitrogens with one attached hydrogen (secondary N) is 1. The molecular weight excluding hydrogens is 406 g/mol. The highest BCUT2D eigenvalue weighted by atomic mass is 79.9. The summed E-state index contributed by atoms with van der Waals surface area (Å²) in [7, 11) is -3.71. The Balaban J connectivity index is 2.48. The molecule has 0 bridgehead atoms. The third-order valence-corrected chi connectivity index (χ3v) is 5.98. The van der Waals surface area contributed by atoms with Crippen molar-refractivity contribution in [2.75, 3.05) is 10.5 Å². The number of benzene rings is 1. The fraction of sp³-hybridized carbons (Fsp3) is 0. The SMILES string of the molecule is Nc1cc(Br)c(S(=O)(=O)Nc2nccs2)c(Br)c1. The Hall–Kier alpha value is -0.640. The largest absolute Gasteiger partial charge is 0.399 e. The third-order valence-electron chi connectivity index (χ3n) is 1.94. The molecule has 5 nitrogen and oxygen atoms in total. The minimum absolute atomic E-state index is 0.0897. The van der Waals surface area contributed by atoms with Gasteiger partial charge in [0, 0.05) is 26.2 Å². The first-order chi connectivity index (χ1) is 8.40. The molecule has 0 aliphatic carbocycles. The Kier molecular flexibility index (Phi) is 3.95. The van der Waals surface area contributed by atoms with Gasteiger partial charge in [-0.05, 0) is 44.0 Å². The summed E-state index contributed by atoms with van der Waals surface area (Å²) in [5.41, 5.74) is 6.08. The van der Waals surface area contributed by atoms with E-state index in [1.807, 2.05) is 0 Å². The first kappa shape index (κ1) is 13.8. The van der Waals surface area contributed by atoms with Gasteiger partial charge in [-0.1, -0.05) is 0 Å². The number of hydrogen-bond donors (Lipinski definition) is 2. The molecule has 0 amide bonds. The van der Waals surface area contributed by atoms with Gasteiger partial charge in [0.25, 0.3) is 10.0 Å². The van der Waals surface area contributed by atoms with Gasteiger partial charge in [0.15, 0.2) is 5.13 Å². The van der Waals surface area contributed by atoms with Gasteiger partial charge >= 0.3 is 0 Å². The van der Waals surface area contributed by atoms with Crippen molar-refractivity contribution in [3.8, 4) is 0 Å². The molecular formula is C9H7Br2N3O2S2. The predicted molar refractivity (Wildman–Crippen MR) is 79.2 cm³/mol. The highest BCUT2D eigenvalue weighted by molar-refractivity contribution is 9.11. The average molecular weight is 413 g/mol. The first-order valence-corrected chi connectivity index (χ1v) is 8.52. The van der Waals surface area contributed by atoms with Crippen LogP contribution in [-0.4, -0.2) is 13.4 Å². The van der Waals surface area contributed by atoms with Crippen LogP contribution in [-0.2, 0) is 10.0 Å². The molecule has 96 valence electrons. The molecule has 0 atom stereocenters. The lowest BCUT2D eigenvalue weighted by molar-refractivity contribution is 0.600. The van der Waals surface area contributed by atoms with Gasteiger partial charge in [-0.2, -0.15) is 0 Å². The van der Waals surface area contributed by atoms with E-state index in [-0.39, 0.29) is 4.90 Å². The molecule has 0 saturated heterocycles. The second kappa shape index (κ2) is 5.16. The summed E-state index contributed by atoms with van der Waals surface area (Å²) >= 11 is 7.59. The number of anilines is 2. The molecule has 0 unspecified atom stereocenters. The fourth-order valence-electron chi connectivity index (χ4n) is 1.28. The molecule has 18 heavy (non-hydrogen) atoms. The summed E-state index contributed by atoms with van der Waals surface area (Å²) in [5.74, 6) is 0. The lowest BCUT2D eigenvalue weighted by atomic mass is 10.3. The summed E-state index contributed by atoms with van der Waals surface area (Å²) in [6.07, 6.45) is 1.52. The van der Waals surface area contributed by atoms with Crippen LogP contribution in [0.5, 0.6) is 0 Å². The van der Waals surface area contributed by atoms with Gasteiger partial charge in [-0.15, -0.1) is 11.3 Å². The normalized spacial score (nSPS) is 11.4. The second-order valence-corrected chi connectivity index (χ2v) is 7.48. The fourth-order valence-corrected chi connectivity index (χ4v) is 5.69. The Morgan fingerprint density at radius 3 is 2.39 bits per heavy atom. The summed E-state index contributed by atoms with van der Waals surface area (Å²) in [6, 6.07) is 3.06. The van der Waals surface area contributed by atoms with Crippen molar-refractivity contribution < 1.29 is 8.42 Å². The number of nitrogens with zero attached hydrogens (tertiary/aromatic N) is 1. The summed E-state index contributed by atoms with van der Waals surface area (Å²) < 4.78 is 27.6. The molecule has 0 aliphatic rings. The van der Waals surface area contributed by atoms with Crippen LogP contribution in [0.25, 0.3) is 0 Å². The van der Waals surface area contributed by atoms with Crippen molar-refractivity contribution in [1.82, 2.24) is 4.98 Å². The van der Waals surface area contributed by atoms with Gasteiger partial charge in [0.2, 0.25) is 0 Å². The van der Waals surface area contributed by atoms with Crippen molar-refractivity contribution in [1.29, 1.82) is 0 Å². The molecule has 0 radical (unpaired) electrons. The Labute approximate surface area is 125 Å². The van der Waals surface area contributed by atoms with E-state index in [0.717, 1.165) is 0 Å². The Morgan fingerprint density at radius 1 is 1.28 bits per heavy atom. The van der Waals surface area contributed by atoms with E-state index < -0.39 is 10.0 Å². The highest BCUT2D eigenvalue weighted by Gasteiger charge is 2.22. The minimum atomic E-state index is -3.71. The maximum absolute atomic E-state index is 12.2. The lowest BCUT2D eigenvalue weighted by Gasteiger charge is -2.10. The number of sulfonamides is 1. The maximum Gasteiger partial charge on any atom is 0.265 e. The van der Waals surface area contributed by atoms with Crippen LogP contribution in [0.15, 0.2) is 37.6 Å². The third kappa shape index (κ3) is 2.85. The van der Waals surface area contributed by atoms with E-state index in [4.69, 9.17) is 5.73 Å². The number of aromatic nitrogens is 1. The van der Waals surface area contributed by atoms with E-state index in [9.17, 15) is 8.42 Å². The topological polar surface area (TPSA) is 85.1 Å². The molecule has 1 heterocycles. The summed E-state index contributed by atoms with van der Waals surface area (Å²) in [4.78, 5) is 3.97. The van der Waals surface area contributed by atoms with Crippen molar-refractivity contribution >= 4 is 64.0 Å². The van der Waals surface area contributed by atoms with Crippen LogP contribution in [0.1, 0.15) is 0 Å². The number of nitrogens with two attached hydrogens (primary N) is 1. The first-order valence-electron chi connectivity index (χ1n) is 4.57. The van der Waals surface area contributed by atoms with Crippen molar-refractivity contribution in [3.05, 3.63) is 32.7 Å². The van der Waals surface area contributed by atoms with Crippen LogP contribution in [0.3, 0.4) is 0 Å². The molecule has 1 aromatic heterocycles.